The predicted molar refractivity (Wildman–Crippen MR) is 128 cm³/mol. The Morgan fingerprint density at radius 1 is 0.919 bits per heavy atom. The molecule has 4 N–H and O–H groups in total. The van der Waals surface area contributed by atoms with Crippen LogP contribution in [0.15, 0.2) is 72.8 Å². The van der Waals surface area contributed by atoms with Crippen molar-refractivity contribution in [2.45, 2.75) is 19.0 Å². The Morgan fingerprint density at radius 3 is 2.22 bits per heavy atom. The Morgan fingerprint density at radius 2 is 1.57 bits per heavy atom. The molecule has 0 aliphatic heterocycles. The molecule has 37 heavy (non-hydrogen) atoms. The first-order valence-corrected chi connectivity index (χ1v) is 10.8. The van der Waals surface area contributed by atoms with Crippen LogP contribution in [0.3, 0.4) is 0 Å². The third kappa shape index (κ3) is 7.99. The molecule has 0 fully saturated rings. The van der Waals surface area contributed by atoms with Gasteiger partial charge in [-0.3, -0.25) is 0 Å². The van der Waals surface area contributed by atoms with Crippen LogP contribution in [0.2, 0.25) is 0 Å². The lowest BCUT2D eigenvalue weighted by Gasteiger charge is -2.16. The Labute approximate surface area is 209 Å². The van der Waals surface area contributed by atoms with Gasteiger partial charge < -0.3 is 25.7 Å². The lowest BCUT2D eigenvalue weighted by Crippen LogP contribution is -2.33. The van der Waals surface area contributed by atoms with Gasteiger partial charge in [0.1, 0.15) is 11.5 Å². The quantitative estimate of drug-likeness (QED) is 0.126. The number of carbonyl (C=O) groups is 2. The highest BCUT2D eigenvalue weighted by atomic mass is 19.3. The summed E-state index contributed by atoms with van der Waals surface area (Å²) in [6, 6.07) is 15.3. The van der Waals surface area contributed by atoms with Crippen molar-refractivity contribution >= 4 is 29.4 Å². The van der Waals surface area contributed by atoms with Crippen LogP contribution in [0.5, 0.6) is 11.5 Å². The summed E-state index contributed by atoms with van der Waals surface area (Å²) in [5.74, 6) is -1.73. The molecule has 0 saturated carbocycles. The molecule has 0 amide bonds. The third-order valence-corrected chi connectivity index (χ3v) is 4.88. The normalized spacial score (nSPS) is 11.5. The first-order valence-electron chi connectivity index (χ1n) is 10.8. The van der Waals surface area contributed by atoms with Gasteiger partial charge in [0.15, 0.2) is 0 Å². The van der Waals surface area contributed by atoms with Crippen LogP contribution >= 0.6 is 0 Å². The Bertz CT molecular complexity index is 1260. The number of esters is 2. The van der Waals surface area contributed by atoms with Gasteiger partial charge in [-0.15, -0.1) is 0 Å². The summed E-state index contributed by atoms with van der Waals surface area (Å²) in [7, 11) is 0. The van der Waals surface area contributed by atoms with Crippen LogP contribution in [-0.2, 0) is 16.0 Å². The number of nitrogens with two attached hydrogens (primary N) is 2. The van der Waals surface area contributed by atoms with E-state index in [-0.39, 0.29) is 17.9 Å². The molecule has 0 heterocycles. The van der Waals surface area contributed by atoms with Crippen molar-refractivity contribution in [3.8, 4) is 11.5 Å². The summed E-state index contributed by atoms with van der Waals surface area (Å²) in [6.45, 7) is 0.119. The standard InChI is InChI=1S/C26H22F4N2O5/c27-25(28)26(29,30)37-21-9-4-17(5-10-21)24(34)36-20-7-1-16(2-8-20)3-12-23(33)35-14-13-18-15-19(31)6-11-22(18)32/h1-12,15,25H,13-14,31-32H2. The fourth-order valence-corrected chi connectivity index (χ4v) is 2.99. The maximum absolute atomic E-state index is 13.0. The van der Waals surface area contributed by atoms with E-state index in [9.17, 15) is 27.2 Å². The number of ether oxygens (including phenoxy) is 3. The molecule has 11 heteroatoms. The molecule has 7 nitrogen and oxygen atoms in total. The maximum Gasteiger partial charge on any atom is 0.461 e. The summed E-state index contributed by atoms with van der Waals surface area (Å²) in [5, 5.41) is 0. The maximum atomic E-state index is 13.0. The number of rotatable bonds is 10. The smallest absolute Gasteiger partial charge is 0.461 e. The lowest BCUT2D eigenvalue weighted by atomic mass is 10.1. The minimum atomic E-state index is -4.65. The molecule has 3 aromatic rings. The van der Waals surface area contributed by atoms with E-state index < -0.39 is 30.2 Å². The van der Waals surface area contributed by atoms with Gasteiger partial charge >= 0.3 is 24.5 Å². The van der Waals surface area contributed by atoms with Crippen LogP contribution in [0.1, 0.15) is 21.5 Å². The van der Waals surface area contributed by atoms with E-state index in [1.807, 2.05) is 0 Å². The van der Waals surface area contributed by atoms with Crippen LogP contribution in [0.4, 0.5) is 28.9 Å². The highest BCUT2D eigenvalue weighted by molar-refractivity contribution is 5.91. The number of anilines is 2. The molecule has 0 radical (unpaired) electrons. The van der Waals surface area contributed by atoms with Gasteiger partial charge in [0.25, 0.3) is 0 Å². The Hall–Kier alpha value is -4.54. The molecule has 0 bridgehead atoms. The molecule has 0 aliphatic rings. The van der Waals surface area contributed by atoms with Gasteiger partial charge in [0.2, 0.25) is 0 Å². The topological polar surface area (TPSA) is 114 Å². The third-order valence-electron chi connectivity index (χ3n) is 4.88. The summed E-state index contributed by atoms with van der Waals surface area (Å²) in [6.07, 6.45) is -5.49. The zero-order valence-corrected chi connectivity index (χ0v) is 19.2. The summed E-state index contributed by atoms with van der Waals surface area (Å²) in [5.41, 5.74) is 14.1. The fourth-order valence-electron chi connectivity index (χ4n) is 2.99. The summed E-state index contributed by atoms with van der Waals surface area (Å²) >= 11 is 0. The number of benzene rings is 3. The minimum Gasteiger partial charge on any atom is -0.462 e. The molecule has 0 aliphatic carbocycles. The van der Waals surface area contributed by atoms with Crippen molar-refractivity contribution < 1.29 is 41.4 Å². The van der Waals surface area contributed by atoms with Crippen LogP contribution in [-0.4, -0.2) is 31.1 Å². The Balaban J connectivity index is 1.48. The van der Waals surface area contributed by atoms with E-state index in [1.54, 1.807) is 30.3 Å². The van der Waals surface area contributed by atoms with Crippen LogP contribution in [0, 0.1) is 0 Å². The van der Waals surface area contributed by atoms with Crippen molar-refractivity contribution in [3.05, 3.63) is 89.5 Å². The van der Waals surface area contributed by atoms with E-state index in [0.717, 1.165) is 29.8 Å². The van der Waals surface area contributed by atoms with Gasteiger partial charge in [-0.1, -0.05) is 12.1 Å². The van der Waals surface area contributed by atoms with Gasteiger partial charge in [0, 0.05) is 23.9 Å². The number of alkyl halides is 4. The molecule has 3 aromatic carbocycles. The number of hydrogen-bond acceptors (Lipinski definition) is 7. The molecule has 0 atom stereocenters. The van der Waals surface area contributed by atoms with E-state index in [1.165, 1.54) is 24.3 Å². The second-order valence-electron chi connectivity index (χ2n) is 7.66. The van der Waals surface area contributed by atoms with Gasteiger partial charge in [0.05, 0.1) is 12.2 Å². The van der Waals surface area contributed by atoms with Crippen LogP contribution in [0.25, 0.3) is 6.08 Å². The van der Waals surface area contributed by atoms with Crippen molar-refractivity contribution in [3.63, 3.8) is 0 Å². The van der Waals surface area contributed by atoms with Crippen molar-refractivity contribution in [1.29, 1.82) is 0 Å². The number of nitrogen functional groups attached to an aromatic ring is 2. The van der Waals surface area contributed by atoms with Crippen molar-refractivity contribution in [1.82, 2.24) is 0 Å². The van der Waals surface area contributed by atoms with E-state index in [4.69, 9.17) is 20.9 Å². The SMILES string of the molecule is Nc1ccc(N)c(CCOC(=O)C=Cc2ccc(OC(=O)c3ccc(OC(F)(F)C(F)F)cc3)cc2)c1. The Kier molecular flexibility index (Phi) is 8.72. The van der Waals surface area contributed by atoms with Crippen LogP contribution < -0.4 is 20.9 Å². The molecular formula is C26H22F4N2O5. The summed E-state index contributed by atoms with van der Waals surface area (Å²) < 4.78 is 64.6. The largest absolute Gasteiger partial charge is 0.462 e. The minimum absolute atomic E-state index is 0.0145. The first kappa shape index (κ1) is 27.1. The molecule has 194 valence electrons. The zero-order chi connectivity index (χ0) is 27.0. The van der Waals surface area contributed by atoms with Gasteiger partial charge in [-0.25, -0.2) is 9.59 Å². The average Bonchev–Trinajstić information content (AvgIpc) is 2.86. The number of halogens is 4. The average molecular weight is 518 g/mol. The monoisotopic (exact) mass is 518 g/mol. The van der Waals surface area contributed by atoms with Crippen molar-refractivity contribution in [2.24, 2.45) is 0 Å². The molecule has 3 rings (SSSR count). The highest BCUT2D eigenvalue weighted by Crippen LogP contribution is 2.27. The van der Waals surface area contributed by atoms with E-state index in [2.05, 4.69) is 4.74 Å². The van der Waals surface area contributed by atoms with Gasteiger partial charge in [-0.2, -0.15) is 17.6 Å². The molecule has 0 aromatic heterocycles. The van der Waals surface area contributed by atoms with E-state index >= 15 is 0 Å². The highest BCUT2D eigenvalue weighted by Gasteiger charge is 2.43. The molecule has 0 saturated heterocycles. The number of carbonyl (C=O) groups excluding carboxylic acids is 2. The summed E-state index contributed by atoms with van der Waals surface area (Å²) in [4.78, 5) is 24.2. The number of hydrogen-bond donors (Lipinski definition) is 2. The van der Waals surface area contributed by atoms with E-state index in [0.29, 0.717) is 23.4 Å². The van der Waals surface area contributed by atoms with Gasteiger partial charge in [-0.05, 0) is 71.8 Å². The zero-order valence-electron chi connectivity index (χ0n) is 19.2. The van der Waals surface area contributed by atoms with Crippen molar-refractivity contribution in [2.75, 3.05) is 18.1 Å². The molecule has 0 unspecified atom stereocenters. The lowest BCUT2D eigenvalue weighted by molar-refractivity contribution is -0.253. The predicted octanol–water partition coefficient (Wildman–Crippen LogP) is 5.11. The first-order chi connectivity index (χ1) is 17.5. The molecular weight excluding hydrogens is 496 g/mol. The fraction of sp³-hybridized carbons (Fsp3) is 0.154. The second-order valence-corrected chi connectivity index (χ2v) is 7.66. The second kappa shape index (κ2) is 11.9. The molecule has 0 spiro atoms.